The van der Waals surface area contributed by atoms with E-state index in [4.69, 9.17) is 59.4 Å². The van der Waals surface area contributed by atoms with Gasteiger partial charge in [0.2, 0.25) is 0 Å². The summed E-state index contributed by atoms with van der Waals surface area (Å²) in [5.41, 5.74) is 0. The zero-order valence-corrected chi connectivity index (χ0v) is 18.5. The van der Waals surface area contributed by atoms with Crippen molar-refractivity contribution in [2.45, 2.75) is 41.5 Å². The summed E-state index contributed by atoms with van der Waals surface area (Å²) < 4.78 is 0. The summed E-state index contributed by atoms with van der Waals surface area (Å²) in [6.07, 6.45) is 0. The molecule has 0 aromatic carbocycles. The van der Waals surface area contributed by atoms with Crippen LogP contribution in [-0.2, 0) is 71.7 Å². The van der Waals surface area contributed by atoms with Crippen molar-refractivity contribution in [3.05, 3.63) is 0 Å². The molecule has 26 heavy (non-hydrogen) atoms. The largest absolute Gasteiger partial charge is 0.481 e. The second-order valence-electron chi connectivity index (χ2n) is 3.11. The first-order valence-electron chi connectivity index (χ1n) is 5.57. The van der Waals surface area contributed by atoms with Gasteiger partial charge in [-0.25, -0.2) is 0 Å². The van der Waals surface area contributed by atoms with Crippen LogP contribution in [0.5, 0.6) is 0 Å². The molecule has 12 nitrogen and oxygen atoms in total. The van der Waals surface area contributed by atoms with Gasteiger partial charge in [0.15, 0.2) is 0 Å². The summed E-state index contributed by atoms with van der Waals surface area (Å²) in [6.45, 7) is 6.50. The van der Waals surface area contributed by atoms with Gasteiger partial charge in [-0.15, -0.1) is 0 Å². The molecule has 0 unspecified atom stereocenters. The standard InChI is InChI=1S/6C2H4O2.Co.Zr/c6*1-2(3)4;;/h6*1H3,(H,3,4);;. The monoisotopic (exact) mass is 509 g/mol. The van der Waals surface area contributed by atoms with Gasteiger partial charge >= 0.3 is 0 Å². The van der Waals surface area contributed by atoms with E-state index in [9.17, 15) is 0 Å². The third-order valence-corrected chi connectivity index (χ3v) is 0. The molecule has 157 valence electrons. The van der Waals surface area contributed by atoms with Crippen molar-refractivity contribution in [3.63, 3.8) is 0 Å². The predicted molar refractivity (Wildman–Crippen MR) is 79.9 cm³/mol. The fraction of sp³-hybridized carbons (Fsp3) is 0.500. The third kappa shape index (κ3) is 3120. The van der Waals surface area contributed by atoms with Crippen LogP contribution in [0.2, 0.25) is 0 Å². The number of carbonyl (C=O) groups is 6. The summed E-state index contributed by atoms with van der Waals surface area (Å²) in [5, 5.41) is 44.5. The number of rotatable bonds is 0. The van der Waals surface area contributed by atoms with E-state index in [1.807, 2.05) is 0 Å². The van der Waals surface area contributed by atoms with E-state index in [0.29, 0.717) is 0 Å². The minimum absolute atomic E-state index is 0. The smallest absolute Gasteiger partial charge is 0.300 e. The molecule has 0 rings (SSSR count). The van der Waals surface area contributed by atoms with E-state index < -0.39 is 35.8 Å². The molecule has 0 heterocycles. The summed E-state index contributed by atoms with van der Waals surface area (Å²) in [4.78, 5) is 54.0. The third-order valence-electron chi connectivity index (χ3n) is 0. The maximum absolute atomic E-state index is 9.00. The molecule has 0 aliphatic carbocycles. The zero-order chi connectivity index (χ0) is 21.5. The van der Waals surface area contributed by atoms with Crippen LogP contribution in [0.1, 0.15) is 41.5 Å². The zero-order valence-electron chi connectivity index (χ0n) is 15.0. The van der Waals surface area contributed by atoms with Crippen molar-refractivity contribution in [1.29, 1.82) is 0 Å². The van der Waals surface area contributed by atoms with E-state index >= 15 is 0 Å². The molecule has 6 N–H and O–H groups in total. The van der Waals surface area contributed by atoms with E-state index in [1.165, 1.54) is 0 Å². The second kappa shape index (κ2) is 43.6. The minimum atomic E-state index is -0.833. The average Bonchev–Trinajstić information content (AvgIpc) is 2.08. The molecular formula is C12H24CoO12Zr. The van der Waals surface area contributed by atoms with Gasteiger partial charge in [0.25, 0.3) is 35.8 Å². The Labute approximate surface area is 179 Å². The van der Waals surface area contributed by atoms with Crippen LogP contribution in [0.4, 0.5) is 0 Å². The van der Waals surface area contributed by atoms with E-state index in [-0.39, 0.29) is 43.0 Å². The number of aliphatic carboxylic acids is 6. The van der Waals surface area contributed by atoms with E-state index in [1.54, 1.807) is 0 Å². The summed E-state index contributed by atoms with van der Waals surface area (Å²) in [7, 11) is 0. The van der Waals surface area contributed by atoms with Gasteiger partial charge in [-0.05, 0) is 0 Å². The van der Waals surface area contributed by atoms with Gasteiger partial charge in [0, 0.05) is 84.5 Å². The second-order valence-corrected chi connectivity index (χ2v) is 3.11. The molecule has 0 aliphatic heterocycles. The topological polar surface area (TPSA) is 224 Å². The molecule has 14 heteroatoms. The maximum atomic E-state index is 9.00. The molecule has 0 saturated heterocycles. The molecule has 0 atom stereocenters. The van der Waals surface area contributed by atoms with Crippen molar-refractivity contribution in [3.8, 4) is 0 Å². The van der Waals surface area contributed by atoms with Gasteiger partial charge in [0.1, 0.15) is 0 Å². The predicted octanol–water partition coefficient (Wildman–Crippen LogP) is 0.540. The molecular weight excluding hydrogens is 486 g/mol. The summed E-state index contributed by atoms with van der Waals surface area (Å²) in [5.74, 6) is -5.00. The van der Waals surface area contributed by atoms with Crippen LogP contribution >= 0.6 is 0 Å². The van der Waals surface area contributed by atoms with Crippen molar-refractivity contribution in [2.75, 3.05) is 0 Å². The quantitative estimate of drug-likeness (QED) is 0.263. The summed E-state index contributed by atoms with van der Waals surface area (Å²) >= 11 is 0. The Morgan fingerprint density at radius 2 is 0.385 bits per heavy atom. The first-order chi connectivity index (χ1) is 10.4. The van der Waals surface area contributed by atoms with Gasteiger partial charge in [-0.3, -0.25) is 28.8 Å². The van der Waals surface area contributed by atoms with Gasteiger partial charge in [0.05, 0.1) is 0 Å². The molecule has 0 aromatic heterocycles. The van der Waals surface area contributed by atoms with Gasteiger partial charge in [-0.2, -0.15) is 0 Å². The van der Waals surface area contributed by atoms with Gasteiger partial charge < -0.3 is 30.6 Å². The van der Waals surface area contributed by atoms with Crippen LogP contribution in [0.3, 0.4) is 0 Å². The molecule has 0 amide bonds. The van der Waals surface area contributed by atoms with Crippen LogP contribution in [0.25, 0.3) is 0 Å². The first-order valence-corrected chi connectivity index (χ1v) is 5.57. The van der Waals surface area contributed by atoms with E-state index in [0.717, 1.165) is 41.5 Å². The Hall–Kier alpha value is -1.79. The first kappa shape index (κ1) is 49.6. The fourth-order valence-corrected chi connectivity index (χ4v) is 0. The normalized spacial score (nSPS) is 5.77. The van der Waals surface area contributed by atoms with Crippen LogP contribution in [0.15, 0.2) is 0 Å². The van der Waals surface area contributed by atoms with Crippen molar-refractivity contribution in [1.82, 2.24) is 0 Å². The Morgan fingerprint density at radius 3 is 0.385 bits per heavy atom. The molecule has 0 aromatic rings. The van der Waals surface area contributed by atoms with Gasteiger partial charge in [-0.1, -0.05) is 0 Å². The molecule has 1 radical (unpaired) electrons. The molecule has 0 bridgehead atoms. The Morgan fingerprint density at radius 1 is 0.385 bits per heavy atom. The minimum Gasteiger partial charge on any atom is -0.481 e. The van der Waals surface area contributed by atoms with Crippen LogP contribution in [-0.4, -0.2) is 66.5 Å². The number of hydrogen-bond donors (Lipinski definition) is 6. The fourth-order valence-electron chi connectivity index (χ4n) is 0. The Bertz CT molecular complexity index is 267. The Balaban J connectivity index is -0.0000000245. The number of hydrogen-bond acceptors (Lipinski definition) is 6. The number of carboxylic acids is 6. The van der Waals surface area contributed by atoms with Crippen molar-refractivity contribution >= 4 is 35.8 Å². The van der Waals surface area contributed by atoms with Crippen molar-refractivity contribution in [2.24, 2.45) is 0 Å². The average molecular weight is 510 g/mol. The van der Waals surface area contributed by atoms with E-state index in [2.05, 4.69) is 0 Å². The van der Waals surface area contributed by atoms with Crippen molar-refractivity contribution < 1.29 is 102 Å². The molecule has 0 aliphatic rings. The summed E-state index contributed by atoms with van der Waals surface area (Å²) in [6, 6.07) is 0. The SMILES string of the molecule is CC(=O)O.CC(=O)O.CC(=O)O.CC(=O)O.CC(=O)O.CC(=O)O.[Co].[Zr]. The van der Waals surface area contributed by atoms with Crippen LogP contribution < -0.4 is 0 Å². The molecule has 0 spiro atoms. The Kier molecular flexibility index (Phi) is 83.2. The maximum Gasteiger partial charge on any atom is 0.300 e. The number of carboxylic acid groups (broad SMARTS) is 6. The molecule has 0 fully saturated rings. The molecule has 0 saturated carbocycles. The van der Waals surface area contributed by atoms with Crippen LogP contribution in [0, 0.1) is 0 Å².